The van der Waals surface area contributed by atoms with Crippen molar-refractivity contribution < 1.29 is 27.5 Å². The zero-order chi connectivity index (χ0) is 20.9. The second-order valence-electron chi connectivity index (χ2n) is 6.15. The number of morpholine rings is 1. The second kappa shape index (κ2) is 9.49. The molecule has 3 rings (SSSR count). The lowest BCUT2D eigenvalue weighted by Gasteiger charge is -2.26. The molecule has 1 aliphatic heterocycles. The van der Waals surface area contributed by atoms with Crippen molar-refractivity contribution in [1.29, 1.82) is 0 Å². The standard InChI is InChI=1S/C19H19BrN2O6S/c20-17-7-2-1-6-16(17)19(24)28-13-18(23)21-14-4-3-5-15(12-14)29(25,26)22-8-10-27-11-9-22/h1-7,12H,8-11,13H2,(H,21,23). The molecule has 0 atom stereocenters. The van der Waals surface area contributed by atoms with Crippen LogP contribution in [0.1, 0.15) is 10.4 Å². The zero-order valence-electron chi connectivity index (χ0n) is 15.3. The fourth-order valence-electron chi connectivity index (χ4n) is 2.70. The predicted molar refractivity (Wildman–Crippen MR) is 109 cm³/mol. The summed E-state index contributed by atoms with van der Waals surface area (Å²) in [4.78, 5) is 24.2. The van der Waals surface area contributed by atoms with Crippen LogP contribution in [-0.4, -0.2) is 57.5 Å². The number of rotatable bonds is 6. The molecule has 154 valence electrons. The molecular weight excluding hydrogens is 464 g/mol. The number of anilines is 1. The summed E-state index contributed by atoms with van der Waals surface area (Å²) in [7, 11) is -3.68. The van der Waals surface area contributed by atoms with E-state index in [4.69, 9.17) is 9.47 Å². The monoisotopic (exact) mass is 482 g/mol. The van der Waals surface area contributed by atoms with Crippen LogP contribution in [0.3, 0.4) is 0 Å². The van der Waals surface area contributed by atoms with Crippen molar-refractivity contribution in [2.75, 3.05) is 38.2 Å². The Labute approximate surface area is 177 Å². The smallest absolute Gasteiger partial charge is 0.339 e. The van der Waals surface area contributed by atoms with Crippen LogP contribution >= 0.6 is 15.9 Å². The molecule has 0 aromatic heterocycles. The molecule has 0 aliphatic carbocycles. The summed E-state index contributed by atoms with van der Waals surface area (Å²) in [5.41, 5.74) is 0.597. The molecule has 0 spiro atoms. The third-order valence-corrected chi connectivity index (χ3v) is 6.74. The molecule has 0 unspecified atom stereocenters. The van der Waals surface area contributed by atoms with Gasteiger partial charge in [-0.3, -0.25) is 4.79 Å². The van der Waals surface area contributed by atoms with E-state index in [2.05, 4.69) is 21.2 Å². The van der Waals surface area contributed by atoms with Crippen LogP contribution in [0.2, 0.25) is 0 Å². The van der Waals surface area contributed by atoms with Gasteiger partial charge in [0.05, 0.1) is 23.7 Å². The summed E-state index contributed by atoms with van der Waals surface area (Å²) in [6.45, 7) is 0.756. The summed E-state index contributed by atoms with van der Waals surface area (Å²) < 4.78 is 37.5. The van der Waals surface area contributed by atoms with Crippen LogP contribution in [-0.2, 0) is 24.3 Å². The lowest BCUT2D eigenvalue weighted by Crippen LogP contribution is -2.40. The van der Waals surface area contributed by atoms with E-state index in [0.29, 0.717) is 28.9 Å². The van der Waals surface area contributed by atoms with Crippen molar-refractivity contribution in [3.8, 4) is 0 Å². The van der Waals surface area contributed by atoms with E-state index in [1.165, 1.54) is 22.5 Å². The minimum absolute atomic E-state index is 0.0717. The highest BCUT2D eigenvalue weighted by Crippen LogP contribution is 2.21. The van der Waals surface area contributed by atoms with Gasteiger partial charge in [-0.15, -0.1) is 0 Å². The first-order valence-corrected chi connectivity index (χ1v) is 11.0. The molecule has 1 aliphatic rings. The first-order chi connectivity index (χ1) is 13.9. The van der Waals surface area contributed by atoms with Gasteiger partial charge in [-0.25, -0.2) is 13.2 Å². The van der Waals surface area contributed by atoms with Gasteiger partial charge in [-0.1, -0.05) is 18.2 Å². The Morgan fingerprint density at radius 1 is 1.10 bits per heavy atom. The number of nitrogens with one attached hydrogen (secondary N) is 1. The van der Waals surface area contributed by atoms with Gasteiger partial charge >= 0.3 is 5.97 Å². The van der Waals surface area contributed by atoms with Gasteiger partial charge in [-0.2, -0.15) is 4.31 Å². The first-order valence-electron chi connectivity index (χ1n) is 8.77. The molecule has 8 nitrogen and oxygen atoms in total. The average molecular weight is 483 g/mol. The molecule has 29 heavy (non-hydrogen) atoms. The van der Waals surface area contributed by atoms with Crippen LogP contribution in [0.25, 0.3) is 0 Å². The Kier molecular flexibility index (Phi) is 7.01. The van der Waals surface area contributed by atoms with E-state index >= 15 is 0 Å². The largest absolute Gasteiger partial charge is 0.452 e. The lowest BCUT2D eigenvalue weighted by molar-refractivity contribution is -0.119. The van der Waals surface area contributed by atoms with E-state index < -0.39 is 28.5 Å². The highest BCUT2D eigenvalue weighted by molar-refractivity contribution is 9.10. The normalized spacial score (nSPS) is 14.9. The molecule has 1 fully saturated rings. The molecule has 1 heterocycles. The Morgan fingerprint density at radius 2 is 1.83 bits per heavy atom. The lowest BCUT2D eigenvalue weighted by atomic mass is 10.2. The number of esters is 1. The van der Waals surface area contributed by atoms with Crippen molar-refractivity contribution >= 4 is 43.5 Å². The van der Waals surface area contributed by atoms with Gasteiger partial charge in [-0.05, 0) is 46.3 Å². The minimum atomic E-state index is -3.68. The molecule has 10 heteroatoms. The van der Waals surface area contributed by atoms with Crippen LogP contribution in [0.4, 0.5) is 5.69 Å². The quantitative estimate of drug-likeness (QED) is 0.633. The van der Waals surface area contributed by atoms with Gasteiger partial charge in [0.1, 0.15) is 0 Å². The number of ether oxygens (including phenoxy) is 2. The Morgan fingerprint density at radius 3 is 2.55 bits per heavy atom. The van der Waals surface area contributed by atoms with Crippen LogP contribution in [0, 0.1) is 0 Å². The summed E-state index contributed by atoms with van der Waals surface area (Å²) in [5.74, 6) is -1.22. The van der Waals surface area contributed by atoms with E-state index in [0.717, 1.165) is 0 Å². The third kappa shape index (κ3) is 5.41. The Hall–Kier alpha value is -2.27. The molecule has 2 aromatic rings. The summed E-state index contributed by atoms with van der Waals surface area (Å²) in [6.07, 6.45) is 0. The molecule has 1 amide bonds. The zero-order valence-corrected chi connectivity index (χ0v) is 17.7. The maximum absolute atomic E-state index is 12.7. The minimum Gasteiger partial charge on any atom is -0.452 e. The first kappa shape index (κ1) is 21.4. The van der Waals surface area contributed by atoms with Crippen LogP contribution in [0.5, 0.6) is 0 Å². The Bertz CT molecular complexity index is 1010. The van der Waals surface area contributed by atoms with Gasteiger partial charge in [0, 0.05) is 23.2 Å². The van der Waals surface area contributed by atoms with Crippen molar-refractivity contribution in [1.82, 2.24) is 4.31 Å². The number of hydrogen-bond acceptors (Lipinski definition) is 6. The number of benzene rings is 2. The fraction of sp³-hybridized carbons (Fsp3) is 0.263. The van der Waals surface area contributed by atoms with Crippen molar-refractivity contribution in [2.45, 2.75) is 4.90 Å². The van der Waals surface area contributed by atoms with Crippen LogP contribution in [0.15, 0.2) is 57.9 Å². The molecule has 0 radical (unpaired) electrons. The maximum atomic E-state index is 12.7. The number of hydrogen-bond donors (Lipinski definition) is 1. The van der Waals surface area contributed by atoms with E-state index in [9.17, 15) is 18.0 Å². The van der Waals surface area contributed by atoms with Crippen LogP contribution < -0.4 is 5.32 Å². The molecule has 1 saturated heterocycles. The third-order valence-electron chi connectivity index (χ3n) is 4.15. The van der Waals surface area contributed by atoms with Crippen molar-refractivity contribution in [3.63, 3.8) is 0 Å². The topological polar surface area (TPSA) is 102 Å². The number of carbonyl (C=O) groups is 2. The summed E-state index contributed by atoms with van der Waals surface area (Å²) in [5, 5.41) is 2.54. The van der Waals surface area contributed by atoms with Gasteiger partial charge in [0.2, 0.25) is 10.0 Å². The maximum Gasteiger partial charge on any atom is 0.339 e. The number of carbonyl (C=O) groups excluding carboxylic acids is 2. The number of halogens is 1. The molecule has 0 saturated carbocycles. The molecular formula is C19H19BrN2O6S. The summed E-state index contributed by atoms with van der Waals surface area (Å²) in [6, 6.07) is 12.6. The van der Waals surface area contributed by atoms with E-state index in [1.807, 2.05) is 0 Å². The number of amides is 1. The van der Waals surface area contributed by atoms with Crippen molar-refractivity contribution in [3.05, 3.63) is 58.6 Å². The van der Waals surface area contributed by atoms with Crippen molar-refractivity contribution in [2.24, 2.45) is 0 Å². The Balaban J connectivity index is 1.62. The van der Waals surface area contributed by atoms with Gasteiger partial charge < -0.3 is 14.8 Å². The molecule has 1 N–H and O–H groups in total. The van der Waals surface area contributed by atoms with Gasteiger partial charge in [0.15, 0.2) is 6.61 Å². The van der Waals surface area contributed by atoms with E-state index in [-0.39, 0.29) is 18.0 Å². The SMILES string of the molecule is O=C(COC(=O)c1ccccc1Br)Nc1cccc(S(=O)(=O)N2CCOCC2)c1. The molecule has 2 aromatic carbocycles. The summed E-state index contributed by atoms with van der Waals surface area (Å²) >= 11 is 3.25. The van der Waals surface area contributed by atoms with E-state index in [1.54, 1.807) is 30.3 Å². The molecule has 0 bridgehead atoms. The fourth-order valence-corrected chi connectivity index (χ4v) is 4.60. The average Bonchev–Trinajstić information content (AvgIpc) is 2.73. The highest BCUT2D eigenvalue weighted by Gasteiger charge is 2.26. The van der Waals surface area contributed by atoms with Gasteiger partial charge in [0.25, 0.3) is 5.91 Å². The highest BCUT2D eigenvalue weighted by atomic mass is 79.9. The number of nitrogens with zero attached hydrogens (tertiary/aromatic N) is 1. The predicted octanol–water partition coefficient (Wildman–Crippen LogP) is 2.27. The number of sulfonamides is 1. The second-order valence-corrected chi connectivity index (χ2v) is 8.94.